The average molecular weight is 288 g/mol. The molecule has 1 aliphatic heterocycles. The fraction of sp³-hybridized carbons (Fsp3) is 0.467. The van der Waals surface area contributed by atoms with Crippen molar-refractivity contribution in [1.29, 1.82) is 0 Å². The molecule has 1 aromatic rings. The molecule has 2 amide bonds. The Morgan fingerprint density at radius 1 is 1.29 bits per heavy atom. The van der Waals surface area contributed by atoms with Gasteiger partial charge >= 0.3 is 0 Å². The Morgan fingerprint density at radius 3 is 2.86 bits per heavy atom. The fourth-order valence-corrected chi connectivity index (χ4v) is 2.47. The summed E-state index contributed by atoms with van der Waals surface area (Å²) in [5, 5.41) is 8.97. The highest BCUT2D eigenvalue weighted by Gasteiger charge is 2.28. The van der Waals surface area contributed by atoms with Crippen LogP contribution in [0, 0.1) is 5.92 Å². The Kier molecular flexibility index (Phi) is 3.68. The van der Waals surface area contributed by atoms with Crippen LogP contribution in [0.15, 0.2) is 12.1 Å². The largest absolute Gasteiger partial charge is 0.397 e. The van der Waals surface area contributed by atoms with Gasteiger partial charge in [-0.25, -0.2) is 0 Å². The summed E-state index contributed by atoms with van der Waals surface area (Å²) >= 11 is 0. The third-order valence-corrected chi connectivity index (χ3v) is 3.86. The maximum atomic E-state index is 11.5. The molecule has 1 heterocycles. The van der Waals surface area contributed by atoms with Gasteiger partial charge in [0.2, 0.25) is 11.8 Å². The molecule has 21 heavy (non-hydrogen) atoms. The molecule has 1 aliphatic carbocycles. The number of hydrogen-bond acceptors (Lipinski definition) is 4. The van der Waals surface area contributed by atoms with Gasteiger partial charge in [0.15, 0.2) is 0 Å². The van der Waals surface area contributed by atoms with Crippen molar-refractivity contribution in [2.24, 2.45) is 5.92 Å². The number of nitrogen functional groups attached to an aromatic ring is 1. The first-order valence-corrected chi connectivity index (χ1v) is 7.37. The van der Waals surface area contributed by atoms with E-state index in [0.29, 0.717) is 25.2 Å². The monoisotopic (exact) mass is 288 g/mol. The second-order valence-electron chi connectivity index (χ2n) is 5.64. The highest BCUT2D eigenvalue weighted by atomic mass is 16.2. The molecular formula is C15H20N4O2. The number of benzene rings is 1. The van der Waals surface area contributed by atoms with Crippen LogP contribution in [0.4, 0.5) is 17.1 Å². The Hall–Kier alpha value is -2.24. The van der Waals surface area contributed by atoms with Crippen molar-refractivity contribution in [2.75, 3.05) is 29.5 Å². The summed E-state index contributed by atoms with van der Waals surface area (Å²) in [6.07, 6.45) is 3.27. The third-order valence-electron chi connectivity index (χ3n) is 3.86. The summed E-state index contributed by atoms with van der Waals surface area (Å²) in [4.78, 5) is 22.9. The lowest BCUT2D eigenvalue weighted by Crippen LogP contribution is -2.30. The summed E-state index contributed by atoms with van der Waals surface area (Å²) in [6.45, 7) is 1.22. The molecule has 0 aromatic heterocycles. The van der Waals surface area contributed by atoms with E-state index < -0.39 is 0 Å². The summed E-state index contributed by atoms with van der Waals surface area (Å²) in [5.41, 5.74) is 9.34. The second-order valence-corrected chi connectivity index (χ2v) is 5.64. The van der Waals surface area contributed by atoms with E-state index in [9.17, 15) is 9.59 Å². The van der Waals surface area contributed by atoms with E-state index in [1.165, 1.54) is 0 Å². The van der Waals surface area contributed by atoms with E-state index in [1.54, 1.807) is 6.07 Å². The number of nitrogens with one attached hydrogen (secondary N) is 3. The normalized spacial score (nSPS) is 16.9. The summed E-state index contributed by atoms with van der Waals surface area (Å²) in [6, 6.07) is 3.77. The van der Waals surface area contributed by atoms with Gasteiger partial charge in [-0.2, -0.15) is 0 Å². The van der Waals surface area contributed by atoms with Crippen LogP contribution in [0.1, 0.15) is 24.8 Å². The van der Waals surface area contributed by atoms with Gasteiger partial charge in [-0.15, -0.1) is 0 Å². The molecule has 1 saturated carbocycles. The Balaban J connectivity index is 1.55. The van der Waals surface area contributed by atoms with E-state index in [0.717, 1.165) is 36.2 Å². The summed E-state index contributed by atoms with van der Waals surface area (Å²) in [5.74, 6) is 0.422. The summed E-state index contributed by atoms with van der Waals surface area (Å²) in [7, 11) is 0. The molecule has 5 N–H and O–H groups in total. The van der Waals surface area contributed by atoms with Crippen molar-refractivity contribution in [2.45, 2.75) is 25.7 Å². The van der Waals surface area contributed by atoms with Crippen LogP contribution < -0.4 is 21.7 Å². The molecule has 2 aliphatic rings. The van der Waals surface area contributed by atoms with Gasteiger partial charge in [0, 0.05) is 31.1 Å². The van der Waals surface area contributed by atoms with Crippen molar-refractivity contribution < 1.29 is 9.59 Å². The molecule has 6 nitrogen and oxygen atoms in total. The number of nitrogens with two attached hydrogens (primary N) is 1. The standard InChI is InChI=1S/C15H20N4O2/c16-11-8-12-10(3-4-14(20)19-12)7-13(11)17-5-6-18-15(21)9-1-2-9/h7-9,17H,1-6,16H2,(H,18,21)(H,19,20). The van der Waals surface area contributed by atoms with Gasteiger partial charge < -0.3 is 21.7 Å². The van der Waals surface area contributed by atoms with E-state index >= 15 is 0 Å². The van der Waals surface area contributed by atoms with Crippen molar-refractivity contribution >= 4 is 28.9 Å². The second kappa shape index (κ2) is 5.63. The molecule has 0 radical (unpaired) electrons. The maximum absolute atomic E-state index is 11.5. The lowest BCUT2D eigenvalue weighted by atomic mass is 10.0. The van der Waals surface area contributed by atoms with Gasteiger partial charge in [-0.05, 0) is 37.0 Å². The van der Waals surface area contributed by atoms with Gasteiger partial charge in [0.05, 0.1) is 11.4 Å². The fourth-order valence-electron chi connectivity index (χ4n) is 2.47. The Labute approximate surface area is 123 Å². The van der Waals surface area contributed by atoms with Crippen LogP contribution in [-0.4, -0.2) is 24.9 Å². The van der Waals surface area contributed by atoms with E-state index in [1.807, 2.05) is 6.07 Å². The van der Waals surface area contributed by atoms with Crippen molar-refractivity contribution in [1.82, 2.24) is 5.32 Å². The first-order chi connectivity index (χ1) is 10.1. The number of fused-ring (bicyclic) bond motifs is 1. The number of anilines is 3. The maximum Gasteiger partial charge on any atom is 0.224 e. The molecule has 0 unspecified atom stereocenters. The summed E-state index contributed by atoms with van der Waals surface area (Å²) < 4.78 is 0. The van der Waals surface area contributed by atoms with Crippen molar-refractivity contribution in [3.05, 3.63) is 17.7 Å². The highest BCUT2D eigenvalue weighted by Crippen LogP contribution is 2.31. The van der Waals surface area contributed by atoms with Crippen LogP contribution in [0.5, 0.6) is 0 Å². The SMILES string of the molecule is Nc1cc2c(cc1NCCNC(=O)C1CC1)CCC(=O)N2. The van der Waals surface area contributed by atoms with Crippen LogP contribution in [-0.2, 0) is 16.0 Å². The van der Waals surface area contributed by atoms with Gasteiger partial charge in [-0.3, -0.25) is 9.59 Å². The number of hydrogen-bond donors (Lipinski definition) is 4. The van der Waals surface area contributed by atoms with E-state index in [4.69, 9.17) is 5.73 Å². The minimum Gasteiger partial charge on any atom is -0.397 e. The number of carbonyl (C=O) groups excluding carboxylic acids is 2. The van der Waals surface area contributed by atoms with Crippen LogP contribution >= 0.6 is 0 Å². The average Bonchev–Trinajstić information content (AvgIpc) is 3.28. The predicted octanol–water partition coefficient (Wildman–Crippen LogP) is 1.09. The Morgan fingerprint density at radius 2 is 2.10 bits per heavy atom. The number of amides is 2. The molecule has 0 spiro atoms. The van der Waals surface area contributed by atoms with Gasteiger partial charge in [-0.1, -0.05) is 0 Å². The predicted molar refractivity (Wildman–Crippen MR) is 82.0 cm³/mol. The minimum absolute atomic E-state index is 0.0328. The van der Waals surface area contributed by atoms with Crippen molar-refractivity contribution in [3.8, 4) is 0 Å². The van der Waals surface area contributed by atoms with E-state index in [2.05, 4.69) is 16.0 Å². The molecule has 1 fully saturated rings. The molecule has 6 heteroatoms. The van der Waals surface area contributed by atoms with Crippen molar-refractivity contribution in [3.63, 3.8) is 0 Å². The van der Waals surface area contributed by atoms with Crippen LogP contribution in [0.3, 0.4) is 0 Å². The lowest BCUT2D eigenvalue weighted by Gasteiger charge is -2.19. The number of aryl methyl sites for hydroxylation is 1. The zero-order valence-electron chi connectivity index (χ0n) is 11.9. The molecule has 0 bridgehead atoms. The first kappa shape index (κ1) is 13.7. The van der Waals surface area contributed by atoms with Crippen LogP contribution in [0.25, 0.3) is 0 Å². The smallest absolute Gasteiger partial charge is 0.224 e. The zero-order chi connectivity index (χ0) is 14.8. The lowest BCUT2D eigenvalue weighted by molar-refractivity contribution is -0.122. The molecule has 0 atom stereocenters. The zero-order valence-corrected chi connectivity index (χ0v) is 11.9. The molecular weight excluding hydrogens is 268 g/mol. The molecule has 112 valence electrons. The molecule has 1 aromatic carbocycles. The number of carbonyl (C=O) groups is 2. The quantitative estimate of drug-likeness (QED) is 0.482. The topological polar surface area (TPSA) is 96.2 Å². The molecule has 0 saturated heterocycles. The highest BCUT2D eigenvalue weighted by molar-refractivity contribution is 5.95. The van der Waals surface area contributed by atoms with E-state index in [-0.39, 0.29) is 17.7 Å². The number of rotatable bonds is 5. The van der Waals surface area contributed by atoms with Gasteiger partial charge in [0.1, 0.15) is 0 Å². The first-order valence-electron chi connectivity index (χ1n) is 7.37. The third kappa shape index (κ3) is 3.26. The minimum atomic E-state index is 0.0328. The van der Waals surface area contributed by atoms with Gasteiger partial charge in [0.25, 0.3) is 0 Å². The molecule has 3 rings (SSSR count). The Bertz CT molecular complexity index is 581. The van der Waals surface area contributed by atoms with Crippen LogP contribution in [0.2, 0.25) is 0 Å².